The Morgan fingerprint density at radius 1 is 1.50 bits per heavy atom. The lowest BCUT2D eigenvalue weighted by molar-refractivity contribution is 0.0939. The van der Waals surface area contributed by atoms with E-state index in [9.17, 15) is 4.79 Å². The molecule has 100 valence electrons. The molecule has 1 fully saturated rings. The number of thioether (sulfide) groups is 1. The number of thiazole rings is 1. The fourth-order valence-corrected chi connectivity index (χ4v) is 3.78. The number of nitrogens with two attached hydrogens (primary N) is 1. The van der Waals surface area contributed by atoms with Gasteiger partial charge in [-0.2, -0.15) is 11.8 Å². The van der Waals surface area contributed by atoms with Gasteiger partial charge in [-0.25, -0.2) is 4.98 Å². The van der Waals surface area contributed by atoms with Crippen LogP contribution >= 0.6 is 23.1 Å². The Kier molecular flexibility index (Phi) is 4.71. The highest BCUT2D eigenvalue weighted by molar-refractivity contribution is 7.99. The molecule has 1 aromatic heterocycles. The zero-order chi connectivity index (χ0) is 13.0. The number of nitrogen functional groups attached to an aromatic ring is 1. The fraction of sp³-hybridized carbons (Fsp3) is 0.636. The molecule has 7 heteroatoms. The summed E-state index contributed by atoms with van der Waals surface area (Å²) in [6, 6.07) is 0.280. The van der Waals surface area contributed by atoms with E-state index in [2.05, 4.69) is 15.6 Å². The van der Waals surface area contributed by atoms with Crippen molar-refractivity contribution in [1.82, 2.24) is 10.3 Å². The first kappa shape index (κ1) is 13.5. The quantitative estimate of drug-likeness (QED) is 0.786. The summed E-state index contributed by atoms with van der Waals surface area (Å²) in [5.41, 5.74) is 5.77. The predicted molar refractivity (Wildman–Crippen MR) is 78.5 cm³/mol. The van der Waals surface area contributed by atoms with Crippen LogP contribution in [0.2, 0.25) is 0 Å². The van der Waals surface area contributed by atoms with E-state index in [4.69, 9.17) is 5.73 Å². The number of hydrogen-bond donors (Lipinski definition) is 3. The van der Waals surface area contributed by atoms with E-state index in [-0.39, 0.29) is 11.9 Å². The second-order valence-corrected chi connectivity index (χ2v) is 6.35. The lowest BCUT2D eigenvalue weighted by Gasteiger charge is -2.22. The van der Waals surface area contributed by atoms with Gasteiger partial charge in [-0.15, -0.1) is 0 Å². The number of carbonyl (C=O) groups excluding carboxylic acids is 1. The van der Waals surface area contributed by atoms with Crippen LogP contribution in [0, 0.1) is 0 Å². The average molecular weight is 286 g/mol. The van der Waals surface area contributed by atoms with Crippen molar-refractivity contribution < 1.29 is 4.79 Å². The number of hydrogen-bond acceptors (Lipinski definition) is 6. The van der Waals surface area contributed by atoms with Crippen LogP contribution in [0.1, 0.15) is 29.4 Å². The molecule has 0 radical (unpaired) electrons. The Morgan fingerprint density at radius 3 is 2.89 bits per heavy atom. The maximum Gasteiger partial charge on any atom is 0.265 e. The molecule has 0 saturated carbocycles. The van der Waals surface area contributed by atoms with E-state index in [0.29, 0.717) is 15.8 Å². The van der Waals surface area contributed by atoms with Crippen molar-refractivity contribution in [1.29, 1.82) is 0 Å². The molecule has 1 saturated heterocycles. The lowest BCUT2D eigenvalue weighted by atomic mass is 10.1. The summed E-state index contributed by atoms with van der Waals surface area (Å²) in [6.45, 7) is 2.75. The number of aromatic nitrogens is 1. The van der Waals surface area contributed by atoms with Crippen LogP contribution in [-0.4, -0.2) is 35.0 Å². The Balaban J connectivity index is 1.99. The van der Waals surface area contributed by atoms with Crippen molar-refractivity contribution >= 4 is 40.0 Å². The topological polar surface area (TPSA) is 80.0 Å². The number of nitrogens with one attached hydrogen (secondary N) is 2. The zero-order valence-corrected chi connectivity index (χ0v) is 12.0. The molecular weight excluding hydrogens is 268 g/mol. The molecule has 0 atom stereocenters. The number of nitrogens with zero attached hydrogens (tertiary/aromatic N) is 1. The molecule has 2 rings (SSSR count). The van der Waals surface area contributed by atoms with E-state index in [1.807, 2.05) is 18.7 Å². The van der Waals surface area contributed by atoms with Crippen LogP contribution in [0.25, 0.3) is 0 Å². The summed E-state index contributed by atoms with van der Waals surface area (Å²) in [5.74, 6) is 2.46. The predicted octanol–water partition coefficient (Wildman–Crippen LogP) is 1.78. The van der Waals surface area contributed by atoms with Crippen molar-refractivity contribution in [3.8, 4) is 0 Å². The number of carbonyl (C=O) groups is 1. The highest BCUT2D eigenvalue weighted by Gasteiger charge is 2.20. The molecule has 5 nitrogen and oxygen atoms in total. The summed E-state index contributed by atoms with van der Waals surface area (Å²) >= 11 is 3.26. The van der Waals surface area contributed by atoms with Crippen LogP contribution in [0.15, 0.2) is 0 Å². The van der Waals surface area contributed by atoms with Crippen molar-refractivity contribution in [2.24, 2.45) is 0 Å². The maximum atomic E-state index is 12.1. The van der Waals surface area contributed by atoms with Crippen LogP contribution in [0.5, 0.6) is 0 Å². The van der Waals surface area contributed by atoms with Gasteiger partial charge < -0.3 is 16.4 Å². The third kappa shape index (κ3) is 3.29. The molecule has 1 aliphatic rings. The second-order valence-electron chi connectivity index (χ2n) is 4.12. The van der Waals surface area contributed by atoms with E-state index in [1.54, 1.807) is 0 Å². The van der Waals surface area contributed by atoms with Crippen LogP contribution in [0.4, 0.5) is 10.9 Å². The first-order valence-electron chi connectivity index (χ1n) is 6.09. The first-order valence-corrected chi connectivity index (χ1v) is 8.06. The molecule has 4 N–H and O–H groups in total. The van der Waals surface area contributed by atoms with E-state index >= 15 is 0 Å². The SMILES string of the molecule is CCNc1nc(N)c(C(=O)NC2CCSCC2)s1. The largest absolute Gasteiger partial charge is 0.382 e. The third-order valence-corrected chi connectivity index (χ3v) is 4.82. The molecule has 1 aliphatic heterocycles. The smallest absolute Gasteiger partial charge is 0.265 e. The molecule has 18 heavy (non-hydrogen) atoms. The van der Waals surface area contributed by atoms with Gasteiger partial charge in [-0.3, -0.25) is 4.79 Å². The van der Waals surface area contributed by atoms with E-state index in [1.165, 1.54) is 11.3 Å². The minimum atomic E-state index is -0.0916. The van der Waals surface area contributed by atoms with Gasteiger partial charge >= 0.3 is 0 Å². The minimum Gasteiger partial charge on any atom is -0.382 e. The Bertz CT molecular complexity index is 415. The molecule has 0 aliphatic carbocycles. The monoisotopic (exact) mass is 286 g/mol. The van der Waals surface area contributed by atoms with E-state index < -0.39 is 0 Å². The van der Waals surface area contributed by atoms with Gasteiger partial charge in [0.1, 0.15) is 10.7 Å². The Morgan fingerprint density at radius 2 is 2.22 bits per heavy atom. The number of anilines is 2. The van der Waals surface area contributed by atoms with Gasteiger partial charge in [0.2, 0.25) is 0 Å². The van der Waals surface area contributed by atoms with Crippen LogP contribution in [-0.2, 0) is 0 Å². The first-order chi connectivity index (χ1) is 8.70. The fourth-order valence-electron chi connectivity index (χ4n) is 1.81. The lowest BCUT2D eigenvalue weighted by Crippen LogP contribution is -2.37. The van der Waals surface area contributed by atoms with Crippen molar-refractivity contribution in [2.45, 2.75) is 25.8 Å². The van der Waals surface area contributed by atoms with Gasteiger partial charge in [0, 0.05) is 12.6 Å². The second kappa shape index (κ2) is 6.29. The Labute approximate surface area is 115 Å². The molecule has 0 aromatic carbocycles. The molecule has 0 spiro atoms. The van der Waals surface area contributed by atoms with Crippen LogP contribution in [0.3, 0.4) is 0 Å². The standard InChI is InChI=1S/C11H18N4OS2/c1-2-13-11-15-9(12)8(18-11)10(16)14-7-3-5-17-6-4-7/h7H,2-6,12H2,1H3,(H,13,15)(H,14,16). The van der Waals surface area contributed by atoms with Gasteiger partial charge in [-0.05, 0) is 31.3 Å². The van der Waals surface area contributed by atoms with Gasteiger partial charge in [0.05, 0.1) is 0 Å². The summed E-state index contributed by atoms with van der Waals surface area (Å²) in [6.07, 6.45) is 2.07. The Hall–Kier alpha value is -0.950. The van der Waals surface area contributed by atoms with Gasteiger partial charge in [0.25, 0.3) is 5.91 Å². The third-order valence-electron chi connectivity index (χ3n) is 2.74. The molecule has 1 aromatic rings. The normalized spacial score (nSPS) is 16.5. The molecule has 1 amide bonds. The van der Waals surface area contributed by atoms with E-state index in [0.717, 1.165) is 30.9 Å². The summed E-state index contributed by atoms with van der Waals surface area (Å²) in [4.78, 5) is 16.7. The minimum absolute atomic E-state index is 0.0916. The van der Waals surface area contributed by atoms with Crippen LogP contribution < -0.4 is 16.4 Å². The molecular formula is C11H18N4OS2. The van der Waals surface area contributed by atoms with Crippen molar-refractivity contribution in [2.75, 3.05) is 29.1 Å². The van der Waals surface area contributed by atoms with Gasteiger partial charge in [-0.1, -0.05) is 11.3 Å². The highest BCUT2D eigenvalue weighted by atomic mass is 32.2. The molecule has 0 bridgehead atoms. The van der Waals surface area contributed by atoms with Crippen molar-refractivity contribution in [3.63, 3.8) is 0 Å². The maximum absolute atomic E-state index is 12.1. The number of amides is 1. The summed E-state index contributed by atoms with van der Waals surface area (Å²) in [5, 5.41) is 6.82. The van der Waals surface area contributed by atoms with Crippen molar-refractivity contribution in [3.05, 3.63) is 4.88 Å². The zero-order valence-electron chi connectivity index (χ0n) is 10.4. The summed E-state index contributed by atoms with van der Waals surface area (Å²) in [7, 11) is 0. The number of rotatable bonds is 4. The highest BCUT2D eigenvalue weighted by Crippen LogP contribution is 2.25. The molecule has 2 heterocycles. The van der Waals surface area contributed by atoms with Gasteiger partial charge in [0.15, 0.2) is 5.13 Å². The summed E-state index contributed by atoms with van der Waals surface area (Å²) < 4.78 is 0. The average Bonchev–Trinajstić information content (AvgIpc) is 2.72. The molecule has 0 unspecified atom stereocenters.